The smallest absolute Gasteiger partial charge is 0.289 e. The molecule has 1 fully saturated rings. The molecule has 9 heteroatoms. The Balaban J connectivity index is 1.34. The van der Waals surface area contributed by atoms with Gasteiger partial charge in [-0.2, -0.15) is 0 Å². The predicted molar refractivity (Wildman–Crippen MR) is 167 cm³/mol. The van der Waals surface area contributed by atoms with Crippen LogP contribution in [0.15, 0.2) is 82.6 Å². The van der Waals surface area contributed by atoms with E-state index in [0.29, 0.717) is 38.4 Å². The van der Waals surface area contributed by atoms with Crippen molar-refractivity contribution < 1.29 is 18.8 Å². The van der Waals surface area contributed by atoms with Crippen LogP contribution < -0.4 is 15.1 Å². The predicted octanol–water partition coefficient (Wildman–Crippen LogP) is 4.95. The minimum absolute atomic E-state index is 0.0394. The van der Waals surface area contributed by atoms with Gasteiger partial charge in [-0.3, -0.25) is 14.4 Å². The van der Waals surface area contributed by atoms with Crippen LogP contribution in [0.25, 0.3) is 0 Å². The SMILES string of the molecule is CN(C)c1ccc(C2C3=C(CC(C)(C)CC3=O)Nc3ccccc3N2CC(=O)N2CCN(C(=O)c3ccco3)CC2)cc1. The second kappa shape index (κ2) is 11.3. The quantitative estimate of drug-likeness (QED) is 0.456. The number of allylic oxidation sites excluding steroid dienone is 1. The van der Waals surface area contributed by atoms with Crippen molar-refractivity contribution in [1.29, 1.82) is 0 Å². The first kappa shape index (κ1) is 28.6. The molecule has 2 aromatic carbocycles. The summed E-state index contributed by atoms with van der Waals surface area (Å²) >= 11 is 0. The average Bonchev–Trinajstić information content (AvgIpc) is 3.49. The van der Waals surface area contributed by atoms with Gasteiger partial charge in [0.1, 0.15) is 0 Å². The third-order valence-corrected chi connectivity index (χ3v) is 8.69. The summed E-state index contributed by atoms with van der Waals surface area (Å²) in [6, 6.07) is 19.2. The summed E-state index contributed by atoms with van der Waals surface area (Å²) < 4.78 is 5.29. The Morgan fingerprint density at radius 3 is 2.30 bits per heavy atom. The Labute approximate surface area is 252 Å². The summed E-state index contributed by atoms with van der Waals surface area (Å²) in [4.78, 5) is 48.4. The van der Waals surface area contributed by atoms with Crippen LogP contribution in [-0.4, -0.2) is 74.2 Å². The molecule has 3 heterocycles. The number of amides is 2. The number of anilines is 3. The van der Waals surface area contributed by atoms with Gasteiger partial charge in [-0.15, -0.1) is 0 Å². The molecule has 1 aliphatic carbocycles. The molecule has 43 heavy (non-hydrogen) atoms. The summed E-state index contributed by atoms with van der Waals surface area (Å²) in [6.45, 7) is 6.09. The zero-order chi connectivity index (χ0) is 30.3. The molecule has 1 atom stereocenters. The van der Waals surface area contributed by atoms with Gasteiger partial charge in [-0.25, -0.2) is 0 Å². The van der Waals surface area contributed by atoms with Crippen molar-refractivity contribution in [2.24, 2.45) is 5.41 Å². The lowest BCUT2D eigenvalue weighted by molar-refractivity contribution is -0.131. The third-order valence-electron chi connectivity index (χ3n) is 8.69. The monoisotopic (exact) mass is 581 g/mol. The van der Waals surface area contributed by atoms with Gasteiger partial charge < -0.3 is 29.3 Å². The van der Waals surface area contributed by atoms with Gasteiger partial charge in [0, 0.05) is 63.7 Å². The van der Waals surface area contributed by atoms with Crippen LogP contribution >= 0.6 is 0 Å². The zero-order valence-electron chi connectivity index (χ0n) is 25.3. The maximum atomic E-state index is 14.0. The molecule has 3 aromatic rings. The van der Waals surface area contributed by atoms with Crippen molar-refractivity contribution in [1.82, 2.24) is 9.80 Å². The van der Waals surface area contributed by atoms with E-state index in [9.17, 15) is 14.4 Å². The molecule has 1 aromatic heterocycles. The summed E-state index contributed by atoms with van der Waals surface area (Å²) in [5, 5.41) is 3.62. The number of carbonyl (C=O) groups excluding carboxylic acids is 3. The van der Waals surface area contributed by atoms with E-state index in [-0.39, 0.29) is 29.6 Å². The molecule has 0 radical (unpaired) electrons. The number of hydrogen-bond donors (Lipinski definition) is 1. The fourth-order valence-electron chi connectivity index (χ4n) is 6.49. The van der Waals surface area contributed by atoms with Crippen molar-refractivity contribution in [3.05, 3.63) is 89.5 Å². The number of fused-ring (bicyclic) bond motifs is 1. The van der Waals surface area contributed by atoms with Gasteiger partial charge in [-0.05, 0) is 53.8 Å². The summed E-state index contributed by atoms with van der Waals surface area (Å²) in [5.41, 5.74) is 5.27. The first-order valence-corrected chi connectivity index (χ1v) is 14.9. The number of benzene rings is 2. The number of ketones is 1. The average molecular weight is 582 g/mol. The molecular weight excluding hydrogens is 542 g/mol. The largest absolute Gasteiger partial charge is 0.459 e. The number of nitrogens with one attached hydrogen (secondary N) is 1. The summed E-state index contributed by atoms with van der Waals surface area (Å²) in [7, 11) is 4.00. The number of hydrogen-bond acceptors (Lipinski definition) is 7. The highest BCUT2D eigenvalue weighted by Crippen LogP contribution is 2.48. The number of rotatable bonds is 5. The van der Waals surface area contributed by atoms with Gasteiger partial charge in [0.2, 0.25) is 5.91 Å². The van der Waals surface area contributed by atoms with E-state index < -0.39 is 6.04 Å². The number of nitrogens with zero attached hydrogens (tertiary/aromatic N) is 4. The van der Waals surface area contributed by atoms with Crippen molar-refractivity contribution in [2.75, 3.05) is 61.9 Å². The molecule has 2 aliphatic heterocycles. The number of para-hydroxylation sites is 2. The van der Waals surface area contributed by atoms with Crippen LogP contribution in [0.2, 0.25) is 0 Å². The molecule has 0 bridgehead atoms. The van der Waals surface area contributed by atoms with Gasteiger partial charge >= 0.3 is 0 Å². The molecule has 0 spiro atoms. The van der Waals surface area contributed by atoms with Gasteiger partial charge in [0.05, 0.1) is 30.2 Å². The topological polar surface area (TPSA) is 89.3 Å². The van der Waals surface area contributed by atoms with Gasteiger partial charge in [0.15, 0.2) is 11.5 Å². The lowest BCUT2D eigenvalue weighted by Gasteiger charge is -2.40. The first-order chi connectivity index (χ1) is 20.6. The van der Waals surface area contributed by atoms with Crippen LogP contribution in [0, 0.1) is 5.41 Å². The molecule has 6 rings (SSSR count). The standard InChI is InChI=1S/C34H39N5O4/c1-34(2)20-26-31(28(40)21-34)32(23-11-13-24(14-12-23)36(3)4)39(27-9-6-5-8-25(27)35-26)22-30(41)37-15-17-38(18-16-37)33(42)29-10-7-19-43-29/h5-14,19,32,35H,15-18,20-22H2,1-4H3. The van der Waals surface area contributed by atoms with Crippen LogP contribution in [0.5, 0.6) is 0 Å². The van der Waals surface area contributed by atoms with E-state index in [1.54, 1.807) is 17.0 Å². The Morgan fingerprint density at radius 2 is 1.63 bits per heavy atom. The normalized spacial score (nSPS) is 19.8. The summed E-state index contributed by atoms with van der Waals surface area (Å²) in [5.74, 6) is 0.211. The highest BCUT2D eigenvalue weighted by molar-refractivity contribution is 6.02. The van der Waals surface area contributed by atoms with E-state index >= 15 is 0 Å². The van der Waals surface area contributed by atoms with Crippen LogP contribution in [0.1, 0.15) is 48.8 Å². The Morgan fingerprint density at radius 1 is 0.930 bits per heavy atom. The van der Waals surface area contributed by atoms with Crippen LogP contribution in [0.3, 0.4) is 0 Å². The van der Waals surface area contributed by atoms with Crippen molar-refractivity contribution in [3.8, 4) is 0 Å². The molecule has 3 aliphatic rings. The number of Topliss-reactive ketones (excluding diaryl/α,β-unsaturated/α-hetero) is 1. The lowest BCUT2D eigenvalue weighted by atomic mass is 9.73. The van der Waals surface area contributed by atoms with Crippen LogP contribution in [0.4, 0.5) is 17.1 Å². The fourth-order valence-corrected chi connectivity index (χ4v) is 6.49. The molecular formula is C34H39N5O4. The lowest BCUT2D eigenvalue weighted by Crippen LogP contribution is -2.53. The molecule has 1 unspecified atom stereocenters. The molecule has 0 saturated carbocycles. The molecule has 2 amide bonds. The molecule has 9 nitrogen and oxygen atoms in total. The van der Waals surface area contributed by atoms with E-state index in [2.05, 4.69) is 48.3 Å². The minimum atomic E-state index is -0.434. The molecule has 224 valence electrons. The Bertz CT molecular complexity index is 1550. The maximum Gasteiger partial charge on any atom is 0.289 e. The van der Waals surface area contributed by atoms with E-state index in [1.165, 1.54) is 6.26 Å². The molecule has 1 saturated heterocycles. The maximum absolute atomic E-state index is 14.0. The third kappa shape index (κ3) is 5.63. The van der Waals surface area contributed by atoms with E-state index in [0.717, 1.165) is 40.3 Å². The zero-order valence-corrected chi connectivity index (χ0v) is 25.3. The van der Waals surface area contributed by atoms with Crippen molar-refractivity contribution >= 4 is 34.7 Å². The van der Waals surface area contributed by atoms with Crippen molar-refractivity contribution in [3.63, 3.8) is 0 Å². The number of carbonyl (C=O) groups is 3. The molecule has 1 N–H and O–H groups in total. The second-order valence-electron chi connectivity index (χ2n) is 12.6. The van der Waals surface area contributed by atoms with Crippen LogP contribution in [-0.2, 0) is 9.59 Å². The Hall–Kier alpha value is -4.53. The first-order valence-electron chi connectivity index (χ1n) is 14.9. The Kier molecular flexibility index (Phi) is 7.50. The van der Waals surface area contributed by atoms with Gasteiger partial charge in [0.25, 0.3) is 5.91 Å². The number of furan rings is 1. The fraction of sp³-hybridized carbons (Fsp3) is 0.382. The van der Waals surface area contributed by atoms with Gasteiger partial charge in [-0.1, -0.05) is 38.1 Å². The minimum Gasteiger partial charge on any atom is -0.459 e. The highest BCUT2D eigenvalue weighted by atomic mass is 16.3. The second-order valence-corrected chi connectivity index (χ2v) is 12.6. The number of piperazine rings is 1. The van der Waals surface area contributed by atoms with Crippen molar-refractivity contribution in [2.45, 2.75) is 32.7 Å². The highest BCUT2D eigenvalue weighted by Gasteiger charge is 2.42. The van der Waals surface area contributed by atoms with E-state index in [4.69, 9.17) is 4.42 Å². The van der Waals surface area contributed by atoms with E-state index in [1.807, 2.05) is 48.2 Å². The summed E-state index contributed by atoms with van der Waals surface area (Å²) in [6.07, 6.45) is 2.68.